The number of primary amides is 1. The predicted octanol–water partition coefficient (Wildman–Crippen LogP) is 1.87. The smallest absolute Gasteiger partial charge is 0.235 e. The molecule has 0 unspecified atom stereocenters. The monoisotopic (exact) mass is 324 g/mol. The fraction of sp³-hybridized carbons (Fsp3) is 0.316. The summed E-state index contributed by atoms with van der Waals surface area (Å²) in [7, 11) is 0. The van der Waals surface area contributed by atoms with Crippen LogP contribution in [0.1, 0.15) is 16.7 Å². The highest BCUT2D eigenvalue weighted by Crippen LogP contribution is 2.32. The van der Waals surface area contributed by atoms with E-state index in [9.17, 15) is 4.79 Å². The van der Waals surface area contributed by atoms with Gasteiger partial charge >= 0.3 is 0 Å². The molecule has 0 saturated carbocycles. The number of rotatable bonds is 3. The highest BCUT2D eigenvalue weighted by atomic mass is 16.6. The molecule has 2 heterocycles. The summed E-state index contributed by atoms with van der Waals surface area (Å²) in [5.41, 5.74) is 9.21. The summed E-state index contributed by atoms with van der Waals surface area (Å²) < 4.78 is 11.2. The van der Waals surface area contributed by atoms with Crippen LogP contribution in [0, 0.1) is 0 Å². The molecule has 2 aliphatic heterocycles. The Morgan fingerprint density at radius 1 is 1.08 bits per heavy atom. The van der Waals surface area contributed by atoms with Crippen molar-refractivity contribution in [1.82, 2.24) is 4.90 Å². The van der Waals surface area contributed by atoms with E-state index in [0.29, 0.717) is 26.2 Å². The number of benzene rings is 2. The van der Waals surface area contributed by atoms with Crippen molar-refractivity contribution in [2.75, 3.05) is 13.2 Å². The van der Waals surface area contributed by atoms with E-state index in [0.717, 1.165) is 23.6 Å². The second kappa shape index (κ2) is 6.17. The van der Waals surface area contributed by atoms with Gasteiger partial charge in [0, 0.05) is 13.1 Å². The molecule has 0 spiro atoms. The Morgan fingerprint density at radius 3 is 2.62 bits per heavy atom. The largest absolute Gasteiger partial charge is 0.486 e. The zero-order valence-electron chi connectivity index (χ0n) is 13.4. The second-order valence-electron chi connectivity index (χ2n) is 6.27. The third-order valence-corrected chi connectivity index (χ3v) is 4.67. The van der Waals surface area contributed by atoms with Gasteiger partial charge in [0.2, 0.25) is 5.91 Å². The van der Waals surface area contributed by atoms with Gasteiger partial charge in [-0.25, -0.2) is 0 Å². The zero-order chi connectivity index (χ0) is 16.5. The third-order valence-electron chi connectivity index (χ3n) is 4.67. The fourth-order valence-electron chi connectivity index (χ4n) is 3.44. The summed E-state index contributed by atoms with van der Waals surface area (Å²) >= 11 is 0. The van der Waals surface area contributed by atoms with Gasteiger partial charge in [0.15, 0.2) is 11.5 Å². The molecule has 2 aromatic carbocycles. The minimum atomic E-state index is -0.284. The van der Waals surface area contributed by atoms with E-state index in [4.69, 9.17) is 15.2 Å². The fourth-order valence-corrected chi connectivity index (χ4v) is 3.44. The lowest BCUT2D eigenvalue weighted by Gasteiger charge is -2.35. The highest BCUT2D eigenvalue weighted by molar-refractivity contribution is 5.80. The quantitative estimate of drug-likeness (QED) is 0.936. The predicted molar refractivity (Wildman–Crippen MR) is 89.8 cm³/mol. The van der Waals surface area contributed by atoms with Crippen molar-refractivity contribution >= 4 is 5.91 Å². The van der Waals surface area contributed by atoms with Gasteiger partial charge in [-0.2, -0.15) is 0 Å². The Morgan fingerprint density at radius 2 is 1.83 bits per heavy atom. The summed E-state index contributed by atoms with van der Waals surface area (Å²) in [4.78, 5) is 14.1. The van der Waals surface area contributed by atoms with Gasteiger partial charge in [-0.05, 0) is 35.2 Å². The minimum Gasteiger partial charge on any atom is -0.486 e. The van der Waals surface area contributed by atoms with Gasteiger partial charge in [-0.3, -0.25) is 9.69 Å². The number of amides is 1. The van der Waals surface area contributed by atoms with Crippen molar-refractivity contribution < 1.29 is 14.3 Å². The lowest BCUT2D eigenvalue weighted by atomic mass is 9.93. The van der Waals surface area contributed by atoms with Crippen molar-refractivity contribution in [3.05, 3.63) is 59.2 Å². The first-order valence-corrected chi connectivity index (χ1v) is 8.19. The molecule has 2 aromatic rings. The third kappa shape index (κ3) is 2.83. The topological polar surface area (TPSA) is 64.8 Å². The van der Waals surface area contributed by atoms with Crippen LogP contribution in [-0.4, -0.2) is 30.1 Å². The van der Waals surface area contributed by atoms with Crippen molar-refractivity contribution in [2.45, 2.75) is 25.6 Å². The molecule has 1 amide bonds. The Labute approximate surface area is 141 Å². The number of nitrogens with zero attached hydrogens (tertiary/aromatic N) is 1. The molecule has 124 valence electrons. The van der Waals surface area contributed by atoms with Crippen molar-refractivity contribution in [2.24, 2.45) is 5.73 Å². The maximum absolute atomic E-state index is 11.9. The lowest BCUT2D eigenvalue weighted by Crippen LogP contribution is -2.48. The molecule has 0 bridgehead atoms. The second-order valence-corrected chi connectivity index (χ2v) is 6.27. The molecule has 0 aliphatic carbocycles. The van der Waals surface area contributed by atoms with E-state index in [1.165, 1.54) is 11.1 Å². The van der Waals surface area contributed by atoms with Gasteiger partial charge in [-0.1, -0.05) is 30.3 Å². The van der Waals surface area contributed by atoms with E-state index in [1.807, 2.05) is 30.3 Å². The number of carbonyl (C=O) groups is 1. The Kier molecular flexibility index (Phi) is 3.86. The van der Waals surface area contributed by atoms with E-state index in [-0.39, 0.29) is 11.9 Å². The number of carbonyl (C=O) groups excluding carboxylic acids is 1. The van der Waals surface area contributed by atoms with Crippen LogP contribution in [0.4, 0.5) is 0 Å². The summed E-state index contributed by atoms with van der Waals surface area (Å²) in [6.45, 7) is 2.52. The first-order valence-electron chi connectivity index (χ1n) is 8.19. The number of ether oxygens (including phenoxy) is 2. The van der Waals surface area contributed by atoms with Crippen LogP contribution in [0.15, 0.2) is 42.5 Å². The molecule has 2 N–H and O–H groups in total. The maximum Gasteiger partial charge on any atom is 0.235 e. The molecule has 5 nitrogen and oxygen atoms in total. The minimum absolute atomic E-state index is 0.276. The van der Waals surface area contributed by atoms with Crippen LogP contribution in [0.3, 0.4) is 0 Å². The number of nitrogens with two attached hydrogens (primary N) is 1. The van der Waals surface area contributed by atoms with Crippen LogP contribution in [0.25, 0.3) is 0 Å². The molecule has 1 atom stereocenters. The van der Waals surface area contributed by atoms with Gasteiger partial charge in [-0.15, -0.1) is 0 Å². The Hall–Kier alpha value is -2.53. The van der Waals surface area contributed by atoms with Crippen molar-refractivity contribution in [1.29, 1.82) is 0 Å². The van der Waals surface area contributed by atoms with Crippen LogP contribution >= 0.6 is 0 Å². The molecule has 5 heteroatoms. The van der Waals surface area contributed by atoms with Crippen molar-refractivity contribution in [3.8, 4) is 11.5 Å². The molecule has 0 aromatic heterocycles. The number of fused-ring (bicyclic) bond motifs is 2. The highest BCUT2D eigenvalue weighted by Gasteiger charge is 2.30. The van der Waals surface area contributed by atoms with Gasteiger partial charge in [0.1, 0.15) is 13.2 Å². The molecule has 0 fully saturated rings. The summed E-state index contributed by atoms with van der Waals surface area (Å²) in [5, 5.41) is 0. The number of hydrogen-bond donors (Lipinski definition) is 1. The molecular formula is C19H20N2O3. The van der Waals surface area contributed by atoms with E-state index in [2.05, 4.69) is 17.0 Å². The number of hydrogen-bond acceptors (Lipinski definition) is 4. The Bertz CT molecular complexity index is 775. The molecule has 0 saturated heterocycles. The summed E-state index contributed by atoms with van der Waals surface area (Å²) in [5.74, 6) is 1.27. The van der Waals surface area contributed by atoms with Crippen LogP contribution < -0.4 is 15.2 Å². The van der Waals surface area contributed by atoms with Crippen LogP contribution in [0.2, 0.25) is 0 Å². The first-order chi connectivity index (χ1) is 11.7. The molecule has 4 rings (SSSR count). The van der Waals surface area contributed by atoms with Crippen LogP contribution in [0.5, 0.6) is 11.5 Å². The average Bonchev–Trinajstić information content (AvgIpc) is 2.61. The summed E-state index contributed by atoms with van der Waals surface area (Å²) in [6, 6.07) is 13.9. The molecule has 2 aliphatic rings. The zero-order valence-corrected chi connectivity index (χ0v) is 13.4. The van der Waals surface area contributed by atoms with E-state index < -0.39 is 0 Å². The van der Waals surface area contributed by atoms with E-state index in [1.54, 1.807) is 0 Å². The first kappa shape index (κ1) is 15.0. The van der Waals surface area contributed by atoms with Crippen LogP contribution in [-0.2, 0) is 24.3 Å². The lowest BCUT2D eigenvalue weighted by molar-refractivity contribution is -0.124. The van der Waals surface area contributed by atoms with Gasteiger partial charge in [0.25, 0.3) is 0 Å². The Balaban J connectivity index is 1.59. The maximum atomic E-state index is 11.9. The molecule has 0 radical (unpaired) electrons. The molecular weight excluding hydrogens is 304 g/mol. The standard InChI is InChI=1S/C19H20N2O3/c20-19(22)16-10-14-3-1-2-4-15(14)12-21(16)11-13-5-6-17-18(9-13)24-8-7-23-17/h1-6,9,16H,7-8,10-12H2,(H2,20,22)/t16-/m0/s1. The van der Waals surface area contributed by atoms with Crippen molar-refractivity contribution in [3.63, 3.8) is 0 Å². The SMILES string of the molecule is NC(=O)[C@@H]1Cc2ccccc2CN1Cc1ccc2c(c1)OCCO2. The summed E-state index contributed by atoms with van der Waals surface area (Å²) in [6.07, 6.45) is 0.663. The van der Waals surface area contributed by atoms with Gasteiger partial charge < -0.3 is 15.2 Å². The normalized spacial score (nSPS) is 19.6. The average molecular weight is 324 g/mol. The molecule has 24 heavy (non-hydrogen) atoms. The van der Waals surface area contributed by atoms with Gasteiger partial charge in [0.05, 0.1) is 6.04 Å². The van der Waals surface area contributed by atoms with E-state index >= 15 is 0 Å².